The molecule has 0 saturated carbocycles. The highest BCUT2D eigenvalue weighted by atomic mass is 16.3. The van der Waals surface area contributed by atoms with Crippen LogP contribution in [0.25, 0.3) is 0 Å². The third-order valence-corrected chi connectivity index (χ3v) is 4.69. The van der Waals surface area contributed by atoms with Crippen molar-refractivity contribution < 1.29 is 15.0 Å². The van der Waals surface area contributed by atoms with E-state index in [-0.39, 0.29) is 11.7 Å². The molecule has 4 nitrogen and oxygen atoms in total. The van der Waals surface area contributed by atoms with E-state index in [2.05, 4.69) is 0 Å². The summed E-state index contributed by atoms with van der Waals surface area (Å²) in [6.07, 6.45) is 1.30. The van der Waals surface area contributed by atoms with E-state index in [9.17, 15) is 15.0 Å². The molecule has 0 radical (unpaired) electrons. The van der Waals surface area contributed by atoms with Crippen LogP contribution in [0.1, 0.15) is 53.7 Å². The Balaban J connectivity index is 1.87. The third kappa shape index (κ3) is 3.02. The smallest absolute Gasteiger partial charge is 0.254 e. The molecule has 126 valence electrons. The summed E-state index contributed by atoms with van der Waals surface area (Å²) in [5.74, 6) is -0.0607. The summed E-state index contributed by atoms with van der Waals surface area (Å²) in [5, 5.41) is 20.7. The maximum atomic E-state index is 12.8. The Bertz CT molecular complexity index is 742. The molecule has 2 aromatic rings. The molecule has 2 aromatic carbocycles. The number of phenolic OH excluding ortho intramolecular Hbond substituents is 1. The zero-order valence-electron chi connectivity index (χ0n) is 14.1. The average Bonchev–Trinajstić information content (AvgIpc) is 2.98. The average molecular weight is 325 g/mol. The SMILES string of the molecule is CCCC(C)(O)c1cc(C(=O)N2Cc3ccccc3C2)ccc1O. The molecule has 3 rings (SSSR count). The largest absolute Gasteiger partial charge is 0.508 e. The van der Waals surface area contributed by atoms with Crippen LogP contribution in [0, 0.1) is 0 Å². The van der Waals surface area contributed by atoms with Crippen molar-refractivity contribution in [1.82, 2.24) is 4.90 Å². The van der Waals surface area contributed by atoms with Gasteiger partial charge in [-0.15, -0.1) is 0 Å². The number of benzene rings is 2. The summed E-state index contributed by atoms with van der Waals surface area (Å²) in [5.41, 5.74) is 2.09. The van der Waals surface area contributed by atoms with Crippen LogP contribution in [-0.4, -0.2) is 21.0 Å². The second-order valence-corrected chi connectivity index (χ2v) is 6.69. The molecule has 0 bridgehead atoms. The normalized spacial score (nSPS) is 15.9. The Kier molecular flexibility index (Phi) is 4.33. The molecule has 1 heterocycles. The van der Waals surface area contributed by atoms with Gasteiger partial charge in [-0.3, -0.25) is 4.79 Å². The van der Waals surface area contributed by atoms with Crippen LogP contribution in [0.4, 0.5) is 0 Å². The molecule has 1 aliphatic rings. The zero-order chi connectivity index (χ0) is 17.3. The number of hydrogen-bond donors (Lipinski definition) is 2. The molecular weight excluding hydrogens is 302 g/mol. The van der Waals surface area contributed by atoms with Gasteiger partial charge in [0.05, 0.1) is 5.60 Å². The molecular formula is C20H23NO3. The van der Waals surface area contributed by atoms with E-state index in [0.29, 0.717) is 30.6 Å². The maximum Gasteiger partial charge on any atom is 0.254 e. The molecule has 24 heavy (non-hydrogen) atoms. The van der Waals surface area contributed by atoms with Crippen LogP contribution >= 0.6 is 0 Å². The van der Waals surface area contributed by atoms with Crippen molar-refractivity contribution in [3.05, 3.63) is 64.7 Å². The number of aliphatic hydroxyl groups is 1. The second kappa shape index (κ2) is 6.29. The van der Waals surface area contributed by atoms with Gasteiger partial charge < -0.3 is 15.1 Å². The van der Waals surface area contributed by atoms with Crippen LogP contribution in [0.5, 0.6) is 5.75 Å². The van der Waals surface area contributed by atoms with E-state index in [1.165, 1.54) is 17.2 Å². The van der Waals surface area contributed by atoms with Crippen LogP contribution in [0.15, 0.2) is 42.5 Å². The molecule has 0 fully saturated rings. The fourth-order valence-electron chi connectivity index (χ4n) is 3.38. The number of aromatic hydroxyl groups is 1. The molecule has 1 unspecified atom stereocenters. The number of hydrogen-bond acceptors (Lipinski definition) is 3. The fourth-order valence-corrected chi connectivity index (χ4v) is 3.38. The number of fused-ring (bicyclic) bond motifs is 1. The van der Waals surface area contributed by atoms with Gasteiger partial charge in [-0.1, -0.05) is 37.6 Å². The highest BCUT2D eigenvalue weighted by molar-refractivity contribution is 5.95. The third-order valence-electron chi connectivity index (χ3n) is 4.69. The minimum atomic E-state index is -1.15. The molecule has 0 saturated heterocycles. The summed E-state index contributed by atoms with van der Waals surface area (Å²) >= 11 is 0. The molecule has 1 amide bonds. The first-order valence-corrected chi connectivity index (χ1v) is 8.34. The Morgan fingerprint density at radius 1 is 1.17 bits per heavy atom. The Morgan fingerprint density at radius 3 is 2.38 bits per heavy atom. The molecule has 4 heteroatoms. The molecule has 0 aliphatic carbocycles. The molecule has 0 spiro atoms. The standard InChI is InChI=1S/C20H23NO3/c1-3-10-20(2,24)17-11-14(8-9-18(17)22)19(23)21-12-15-6-4-5-7-16(15)13-21/h4-9,11,22,24H,3,10,12-13H2,1-2H3. The predicted octanol–water partition coefficient (Wildman–Crippen LogP) is 3.56. The van der Waals surface area contributed by atoms with Crippen LogP contribution < -0.4 is 0 Å². The van der Waals surface area contributed by atoms with Crippen molar-refractivity contribution >= 4 is 5.91 Å². The first kappa shape index (κ1) is 16.5. The topological polar surface area (TPSA) is 60.8 Å². The van der Waals surface area contributed by atoms with Crippen LogP contribution in [0.2, 0.25) is 0 Å². The van der Waals surface area contributed by atoms with Gasteiger partial charge in [-0.25, -0.2) is 0 Å². The van der Waals surface area contributed by atoms with Crippen molar-refractivity contribution in [2.75, 3.05) is 0 Å². The van der Waals surface area contributed by atoms with E-state index in [1.807, 2.05) is 31.2 Å². The number of carbonyl (C=O) groups is 1. The number of rotatable bonds is 4. The Labute approximate surface area is 142 Å². The summed E-state index contributed by atoms with van der Waals surface area (Å²) in [6.45, 7) is 4.83. The van der Waals surface area contributed by atoms with Crippen LogP contribution in [0.3, 0.4) is 0 Å². The van der Waals surface area contributed by atoms with E-state index in [1.54, 1.807) is 24.0 Å². The molecule has 2 N–H and O–H groups in total. The lowest BCUT2D eigenvalue weighted by atomic mass is 9.89. The van der Waals surface area contributed by atoms with Gasteiger partial charge in [-0.2, -0.15) is 0 Å². The number of amides is 1. The van der Waals surface area contributed by atoms with Gasteiger partial charge in [0.25, 0.3) is 5.91 Å². The summed E-state index contributed by atoms with van der Waals surface area (Å²) in [4.78, 5) is 14.6. The highest BCUT2D eigenvalue weighted by Gasteiger charge is 2.28. The Morgan fingerprint density at radius 2 is 1.79 bits per heavy atom. The molecule has 0 aromatic heterocycles. The molecule has 1 atom stereocenters. The van der Waals surface area contributed by atoms with Gasteiger partial charge in [0.1, 0.15) is 5.75 Å². The van der Waals surface area contributed by atoms with Gasteiger partial charge >= 0.3 is 0 Å². The summed E-state index contributed by atoms with van der Waals surface area (Å²) in [6, 6.07) is 12.8. The van der Waals surface area contributed by atoms with E-state index >= 15 is 0 Å². The number of carbonyl (C=O) groups excluding carboxylic acids is 1. The lowest BCUT2D eigenvalue weighted by molar-refractivity contribution is 0.0444. The first-order valence-electron chi connectivity index (χ1n) is 8.34. The van der Waals surface area contributed by atoms with E-state index < -0.39 is 5.60 Å². The summed E-state index contributed by atoms with van der Waals surface area (Å²) < 4.78 is 0. The fraction of sp³-hybridized carbons (Fsp3) is 0.350. The second-order valence-electron chi connectivity index (χ2n) is 6.69. The van der Waals surface area contributed by atoms with E-state index in [4.69, 9.17) is 0 Å². The lowest BCUT2D eigenvalue weighted by Crippen LogP contribution is -2.26. The van der Waals surface area contributed by atoms with Crippen molar-refractivity contribution in [1.29, 1.82) is 0 Å². The first-order chi connectivity index (χ1) is 11.4. The quantitative estimate of drug-likeness (QED) is 0.903. The van der Waals surface area contributed by atoms with Gasteiger partial charge in [0.2, 0.25) is 0 Å². The van der Waals surface area contributed by atoms with E-state index in [0.717, 1.165) is 6.42 Å². The highest BCUT2D eigenvalue weighted by Crippen LogP contribution is 2.34. The minimum absolute atomic E-state index is 0.0229. The zero-order valence-corrected chi connectivity index (χ0v) is 14.1. The van der Waals surface area contributed by atoms with Crippen molar-refractivity contribution in [2.45, 2.75) is 45.4 Å². The maximum absolute atomic E-state index is 12.8. The van der Waals surface area contributed by atoms with Gasteiger partial charge in [-0.05, 0) is 42.7 Å². The lowest BCUT2D eigenvalue weighted by Gasteiger charge is -2.25. The van der Waals surface area contributed by atoms with Crippen molar-refractivity contribution in [3.63, 3.8) is 0 Å². The van der Waals surface area contributed by atoms with Crippen LogP contribution in [-0.2, 0) is 18.7 Å². The van der Waals surface area contributed by atoms with Gasteiger partial charge in [0, 0.05) is 24.2 Å². The summed E-state index contributed by atoms with van der Waals surface area (Å²) in [7, 11) is 0. The monoisotopic (exact) mass is 325 g/mol. The van der Waals surface area contributed by atoms with Crippen molar-refractivity contribution in [3.8, 4) is 5.75 Å². The predicted molar refractivity (Wildman–Crippen MR) is 92.6 cm³/mol. The number of phenols is 1. The molecule has 1 aliphatic heterocycles. The minimum Gasteiger partial charge on any atom is -0.508 e. The number of nitrogens with zero attached hydrogens (tertiary/aromatic N) is 1. The van der Waals surface area contributed by atoms with Crippen molar-refractivity contribution in [2.24, 2.45) is 0 Å². The van der Waals surface area contributed by atoms with Gasteiger partial charge in [0.15, 0.2) is 0 Å². The Hall–Kier alpha value is -2.33.